The fourth-order valence-electron chi connectivity index (χ4n) is 0.903. The zero-order chi connectivity index (χ0) is 12.2. The third kappa shape index (κ3) is 4.05. The maximum atomic E-state index is 11.3. The van der Waals surface area contributed by atoms with Gasteiger partial charge in [-0.05, 0) is 0 Å². The Bertz CT molecular complexity index is 470. The van der Waals surface area contributed by atoms with E-state index in [1.807, 2.05) is 0 Å². The zero-order valence-electron chi connectivity index (χ0n) is 8.01. The highest BCUT2D eigenvalue weighted by atomic mass is 35.5. The van der Waals surface area contributed by atoms with Gasteiger partial charge in [0.15, 0.2) is 0 Å². The molecule has 0 saturated carbocycles. The van der Waals surface area contributed by atoms with Crippen LogP contribution in [0.2, 0.25) is 4.34 Å². The van der Waals surface area contributed by atoms with Crippen LogP contribution >= 0.6 is 22.9 Å². The molecular weight excluding hydrogens is 276 g/mol. The van der Waals surface area contributed by atoms with Crippen molar-refractivity contribution in [1.29, 1.82) is 0 Å². The molecule has 1 heterocycles. The van der Waals surface area contributed by atoms with Gasteiger partial charge in [0.05, 0.1) is 30.0 Å². The fraction of sp³-hybridized carbons (Fsp3) is 0.429. The lowest BCUT2D eigenvalue weighted by atomic mass is 10.3. The van der Waals surface area contributed by atoms with Gasteiger partial charge in [0.25, 0.3) is 0 Å². The van der Waals surface area contributed by atoms with Crippen molar-refractivity contribution in [3.63, 3.8) is 0 Å². The van der Waals surface area contributed by atoms with E-state index in [1.165, 1.54) is 5.51 Å². The van der Waals surface area contributed by atoms with Crippen LogP contribution in [0.1, 0.15) is 5.69 Å². The minimum Gasteiger partial charge on any atom is -0.395 e. The summed E-state index contributed by atoms with van der Waals surface area (Å²) in [5.74, 6) is -1.23. The normalized spacial score (nSPS) is 11.4. The molecule has 1 amide bonds. The van der Waals surface area contributed by atoms with Crippen LogP contribution in [-0.2, 0) is 21.2 Å². The first kappa shape index (κ1) is 13.4. The number of thiazole rings is 1. The number of aromatic nitrogens is 1. The first-order valence-electron chi connectivity index (χ1n) is 4.16. The van der Waals surface area contributed by atoms with Gasteiger partial charge in [-0.2, -0.15) is 0 Å². The molecule has 0 saturated heterocycles. The smallest absolute Gasteiger partial charge is 0.239 e. The number of carbonyl (C=O) groups is 1. The summed E-state index contributed by atoms with van der Waals surface area (Å²) in [7, 11) is -3.76. The van der Waals surface area contributed by atoms with Crippen molar-refractivity contribution < 1.29 is 18.3 Å². The quantitative estimate of drug-likeness (QED) is 0.779. The van der Waals surface area contributed by atoms with E-state index in [1.54, 1.807) is 4.72 Å². The molecule has 0 aliphatic rings. The van der Waals surface area contributed by atoms with Gasteiger partial charge < -0.3 is 5.11 Å². The molecule has 9 heteroatoms. The van der Waals surface area contributed by atoms with Crippen LogP contribution in [0.5, 0.6) is 0 Å². The van der Waals surface area contributed by atoms with Crippen molar-refractivity contribution in [2.24, 2.45) is 0 Å². The van der Waals surface area contributed by atoms with Gasteiger partial charge in [-0.1, -0.05) is 11.6 Å². The maximum Gasteiger partial charge on any atom is 0.239 e. The van der Waals surface area contributed by atoms with Crippen LogP contribution in [0.4, 0.5) is 0 Å². The number of rotatable bonds is 5. The number of amides is 1. The molecule has 0 aliphatic carbocycles. The number of nitrogens with zero attached hydrogens (tertiary/aromatic N) is 1. The largest absolute Gasteiger partial charge is 0.395 e. The number of nitrogens with one attached hydrogen (secondary N) is 1. The second-order valence-electron chi connectivity index (χ2n) is 2.82. The summed E-state index contributed by atoms with van der Waals surface area (Å²) in [6.45, 7) is -0.542. The molecule has 0 radical (unpaired) electrons. The highest BCUT2D eigenvalue weighted by Crippen LogP contribution is 2.19. The van der Waals surface area contributed by atoms with E-state index in [0.717, 1.165) is 11.3 Å². The summed E-state index contributed by atoms with van der Waals surface area (Å²) in [6.07, 6.45) is -0.201. The number of aliphatic hydroxyl groups excluding tert-OH is 1. The average Bonchev–Trinajstić information content (AvgIpc) is 2.50. The third-order valence-electron chi connectivity index (χ3n) is 1.55. The lowest BCUT2D eigenvalue weighted by Crippen LogP contribution is -2.34. The van der Waals surface area contributed by atoms with E-state index < -0.39 is 28.3 Å². The van der Waals surface area contributed by atoms with Gasteiger partial charge in [-0.25, -0.2) is 13.4 Å². The van der Waals surface area contributed by atoms with Gasteiger partial charge in [0.2, 0.25) is 15.9 Å². The fourth-order valence-corrected chi connectivity index (χ4v) is 2.43. The van der Waals surface area contributed by atoms with Crippen LogP contribution in [0.25, 0.3) is 0 Å². The topological polar surface area (TPSA) is 96.4 Å². The molecule has 1 aromatic heterocycles. The van der Waals surface area contributed by atoms with Crippen LogP contribution < -0.4 is 4.72 Å². The van der Waals surface area contributed by atoms with Gasteiger partial charge in [-0.3, -0.25) is 9.52 Å². The first-order chi connectivity index (χ1) is 7.44. The van der Waals surface area contributed by atoms with Gasteiger partial charge in [-0.15, -0.1) is 11.3 Å². The van der Waals surface area contributed by atoms with Crippen molar-refractivity contribution in [3.05, 3.63) is 15.5 Å². The Labute approximate surface area is 101 Å². The summed E-state index contributed by atoms with van der Waals surface area (Å²) in [5, 5.41) is 8.45. The Kier molecular flexibility index (Phi) is 4.66. The standard InChI is InChI=1S/C7H9ClN2O4S2/c8-7-5(9-4-15-7)3-6(12)10-16(13,14)2-1-11/h4,11H,1-3H2,(H,10,12). The third-order valence-corrected chi connectivity index (χ3v) is 3.95. The molecule has 0 aromatic carbocycles. The number of halogens is 1. The monoisotopic (exact) mass is 284 g/mol. The maximum absolute atomic E-state index is 11.3. The molecule has 0 atom stereocenters. The molecule has 0 fully saturated rings. The van der Waals surface area contributed by atoms with E-state index in [0.29, 0.717) is 10.0 Å². The van der Waals surface area contributed by atoms with Gasteiger partial charge in [0, 0.05) is 0 Å². The molecule has 6 nitrogen and oxygen atoms in total. The number of hydrogen-bond donors (Lipinski definition) is 2. The summed E-state index contributed by atoms with van der Waals surface area (Å²) >= 11 is 6.86. The Morgan fingerprint density at radius 1 is 1.62 bits per heavy atom. The van der Waals surface area contributed by atoms with Crippen molar-refractivity contribution in [2.75, 3.05) is 12.4 Å². The molecule has 2 N–H and O–H groups in total. The second kappa shape index (κ2) is 5.58. The van der Waals surface area contributed by atoms with Crippen molar-refractivity contribution in [2.45, 2.75) is 6.42 Å². The summed E-state index contributed by atoms with van der Waals surface area (Å²) in [4.78, 5) is 15.1. The molecule has 16 heavy (non-hydrogen) atoms. The lowest BCUT2D eigenvalue weighted by molar-refractivity contribution is -0.118. The Morgan fingerprint density at radius 3 is 2.81 bits per heavy atom. The molecule has 0 spiro atoms. The molecule has 0 bridgehead atoms. The van der Waals surface area contributed by atoms with Crippen molar-refractivity contribution >= 4 is 38.9 Å². The van der Waals surface area contributed by atoms with E-state index in [4.69, 9.17) is 16.7 Å². The Balaban J connectivity index is 2.58. The average molecular weight is 285 g/mol. The second-order valence-corrected chi connectivity index (χ2v) is 6.12. The number of hydrogen-bond acceptors (Lipinski definition) is 6. The Morgan fingerprint density at radius 2 is 2.31 bits per heavy atom. The summed E-state index contributed by atoms with van der Waals surface area (Å²) < 4.78 is 24.4. The predicted octanol–water partition coefficient (Wildman–Crippen LogP) is -0.223. The van der Waals surface area contributed by atoms with Crippen LogP contribution in [0, 0.1) is 0 Å². The van der Waals surface area contributed by atoms with E-state index in [2.05, 4.69) is 4.98 Å². The van der Waals surface area contributed by atoms with Gasteiger partial charge >= 0.3 is 0 Å². The minimum atomic E-state index is -3.76. The molecule has 1 aromatic rings. The highest BCUT2D eigenvalue weighted by Gasteiger charge is 2.16. The van der Waals surface area contributed by atoms with Crippen LogP contribution in [0.15, 0.2) is 5.51 Å². The Hall–Kier alpha value is -0.700. The molecule has 0 aliphatic heterocycles. The van der Waals surface area contributed by atoms with E-state index in [-0.39, 0.29) is 6.42 Å². The van der Waals surface area contributed by atoms with Crippen molar-refractivity contribution in [3.8, 4) is 0 Å². The van der Waals surface area contributed by atoms with E-state index >= 15 is 0 Å². The number of carbonyl (C=O) groups excluding carboxylic acids is 1. The summed E-state index contributed by atoms with van der Waals surface area (Å²) in [5.41, 5.74) is 1.80. The number of aliphatic hydroxyl groups is 1. The highest BCUT2D eigenvalue weighted by molar-refractivity contribution is 7.90. The zero-order valence-corrected chi connectivity index (χ0v) is 10.4. The predicted molar refractivity (Wildman–Crippen MR) is 59.8 cm³/mol. The molecule has 0 unspecified atom stereocenters. The number of sulfonamides is 1. The molecule has 1 rings (SSSR count). The van der Waals surface area contributed by atoms with Crippen molar-refractivity contribution in [1.82, 2.24) is 9.71 Å². The summed E-state index contributed by atoms with van der Waals surface area (Å²) in [6, 6.07) is 0. The minimum absolute atomic E-state index is 0.201. The SMILES string of the molecule is O=C(Cc1ncsc1Cl)NS(=O)(=O)CCO. The van der Waals surface area contributed by atoms with E-state index in [9.17, 15) is 13.2 Å². The molecular formula is C7H9ClN2O4S2. The van der Waals surface area contributed by atoms with Crippen LogP contribution in [-0.4, -0.2) is 36.8 Å². The van der Waals surface area contributed by atoms with Gasteiger partial charge in [0.1, 0.15) is 4.34 Å². The lowest BCUT2D eigenvalue weighted by Gasteiger charge is -2.04. The first-order valence-corrected chi connectivity index (χ1v) is 7.07. The van der Waals surface area contributed by atoms with Crippen LogP contribution in [0.3, 0.4) is 0 Å². The molecule has 90 valence electrons.